The van der Waals surface area contributed by atoms with Crippen molar-refractivity contribution in [2.24, 2.45) is 5.73 Å². The Hall–Kier alpha value is -0.440. The fraction of sp³-hybridized carbons (Fsp3) is 1.00. The first-order valence-corrected chi connectivity index (χ1v) is 7.11. The molecule has 0 radical (unpaired) electrons. The van der Waals surface area contributed by atoms with Crippen LogP contribution in [0.3, 0.4) is 0 Å². The molecule has 0 spiro atoms. The summed E-state index contributed by atoms with van der Waals surface area (Å²) < 4.78 is 10.4. The summed E-state index contributed by atoms with van der Waals surface area (Å²) in [4.78, 5) is 0. The van der Waals surface area contributed by atoms with Crippen LogP contribution >= 0.6 is 0 Å². The lowest BCUT2D eigenvalue weighted by Crippen LogP contribution is -2.61. The van der Waals surface area contributed by atoms with E-state index in [2.05, 4.69) is 0 Å². The van der Waals surface area contributed by atoms with E-state index < -0.39 is 68.5 Å². The maximum atomic E-state index is 9.96. The molecule has 0 aromatic heterocycles. The molecule has 10 N–H and O–H groups in total. The molecule has 8 unspecified atom stereocenters. The molecule has 1 aliphatic rings. The van der Waals surface area contributed by atoms with E-state index in [0.717, 1.165) is 0 Å². The van der Waals surface area contributed by atoms with Crippen LogP contribution in [0.15, 0.2) is 0 Å². The van der Waals surface area contributed by atoms with Crippen molar-refractivity contribution >= 4 is 0 Å². The predicted octanol–water partition coefficient (Wildman–Crippen LogP) is -5.45. The van der Waals surface area contributed by atoms with E-state index >= 15 is 0 Å². The molecule has 11 heteroatoms. The third kappa shape index (κ3) is 5.01. The molecule has 0 amide bonds. The maximum Gasteiger partial charge on any atom is 0.187 e. The lowest BCUT2D eigenvalue weighted by Gasteiger charge is -2.41. The summed E-state index contributed by atoms with van der Waals surface area (Å²) in [6.07, 6.45) is -12.8. The van der Waals surface area contributed by atoms with E-state index in [9.17, 15) is 20.4 Å². The Morgan fingerprint density at radius 3 is 2.09 bits per heavy atom. The Kier molecular flexibility index (Phi) is 8.20. The van der Waals surface area contributed by atoms with Gasteiger partial charge >= 0.3 is 0 Å². The molecule has 0 saturated carbocycles. The molecular weight excluding hydrogens is 318 g/mol. The van der Waals surface area contributed by atoms with Crippen molar-refractivity contribution < 1.29 is 50.3 Å². The third-order valence-corrected chi connectivity index (χ3v) is 3.69. The number of ether oxygens (including phenoxy) is 2. The van der Waals surface area contributed by atoms with Crippen molar-refractivity contribution in [3.8, 4) is 0 Å². The van der Waals surface area contributed by atoms with Crippen LogP contribution in [-0.2, 0) is 9.47 Å². The molecule has 1 aliphatic heterocycles. The lowest BCUT2D eigenvalue weighted by atomic mass is 9.98. The highest BCUT2D eigenvalue weighted by Gasteiger charge is 2.45. The van der Waals surface area contributed by atoms with Crippen LogP contribution in [-0.4, -0.2) is 109 Å². The smallest absolute Gasteiger partial charge is 0.187 e. The molecule has 8 atom stereocenters. The van der Waals surface area contributed by atoms with Gasteiger partial charge in [-0.05, 0) is 6.42 Å². The highest BCUT2D eigenvalue weighted by Crippen LogP contribution is 2.24. The first-order valence-electron chi connectivity index (χ1n) is 7.11. The number of hydrogen-bond acceptors (Lipinski definition) is 11. The summed E-state index contributed by atoms with van der Waals surface area (Å²) in [5.41, 5.74) is 5.39. The molecule has 11 nitrogen and oxygen atoms in total. The second-order valence-electron chi connectivity index (χ2n) is 5.37. The summed E-state index contributed by atoms with van der Waals surface area (Å²) >= 11 is 0. The maximum absolute atomic E-state index is 9.96. The number of nitrogens with two attached hydrogens (primary N) is 1. The zero-order chi connectivity index (χ0) is 17.7. The van der Waals surface area contributed by atoms with E-state index in [1.165, 1.54) is 0 Å². The van der Waals surface area contributed by atoms with Crippen molar-refractivity contribution in [3.05, 3.63) is 0 Å². The first kappa shape index (κ1) is 20.6. The lowest BCUT2D eigenvalue weighted by molar-refractivity contribution is -0.319. The summed E-state index contributed by atoms with van der Waals surface area (Å²) in [7, 11) is 0. The molecule has 0 bridgehead atoms. The average molecular weight is 343 g/mol. The van der Waals surface area contributed by atoms with Gasteiger partial charge in [0.05, 0.1) is 18.8 Å². The molecular formula is C12H25NO10. The fourth-order valence-corrected chi connectivity index (χ4v) is 2.22. The Bertz CT molecular complexity index is 344. The number of hydrogen-bond donors (Lipinski definition) is 9. The molecule has 23 heavy (non-hydrogen) atoms. The highest BCUT2D eigenvalue weighted by molar-refractivity contribution is 4.90. The van der Waals surface area contributed by atoms with Gasteiger partial charge in [-0.25, -0.2) is 0 Å². The Morgan fingerprint density at radius 1 is 1.00 bits per heavy atom. The summed E-state index contributed by atoms with van der Waals surface area (Å²) in [5, 5.41) is 75.2. The average Bonchev–Trinajstić information content (AvgIpc) is 2.53. The van der Waals surface area contributed by atoms with Crippen molar-refractivity contribution in [2.75, 3.05) is 13.2 Å². The van der Waals surface area contributed by atoms with Crippen LogP contribution in [0.2, 0.25) is 0 Å². The Labute approximate surface area is 132 Å². The minimum atomic E-state index is -2.05. The van der Waals surface area contributed by atoms with Crippen molar-refractivity contribution in [1.29, 1.82) is 0 Å². The van der Waals surface area contributed by atoms with Crippen LogP contribution in [0, 0.1) is 0 Å². The highest BCUT2D eigenvalue weighted by atomic mass is 16.7. The van der Waals surface area contributed by atoms with Crippen LogP contribution in [0.25, 0.3) is 0 Å². The SMILES string of the molecule is NC(C(O)O)C(O)C(CCO)OC1OC(CO)C(O)C(O)C1O. The second-order valence-corrected chi connectivity index (χ2v) is 5.37. The Morgan fingerprint density at radius 2 is 1.61 bits per heavy atom. The molecule has 1 heterocycles. The van der Waals surface area contributed by atoms with E-state index in [0.29, 0.717) is 0 Å². The van der Waals surface area contributed by atoms with Crippen LogP contribution < -0.4 is 5.73 Å². The molecule has 0 aliphatic carbocycles. The second kappa shape index (κ2) is 9.15. The Balaban J connectivity index is 2.82. The molecule has 0 aromatic carbocycles. The van der Waals surface area contributed by atoms with Crippen molar-refractivity contribution in [3.63, 3.8) is 0 Å². The minimum Gasteiger partial charge on any atom is -0.396 e. The van der Waals surface area contributed by atoms with Gasteiger partial charge in [0.1, 0.15) is 30.5 Å². The number of aliphatic hydroxyl groups excluding tert-OH is 7. The largest absolute Gasteiger partial charge is 0.396 e. The van der Waals surface area contributed by atoms with Gasteiger partial charge in [0.2, 0.25) is 0 Å². The topological polar surface area (TPSA) is 206 Å². The molecule has 1 fully saturated rings. The van der Waals surface area contributed by atoms with Crippen molar-refractivity contribution in [2.45, 2.75) is 61.7 Å². The monoisotopic (exact) mass is 343 g/mol. The van der Waals surface area contributed by atoms with Gasteiger partial charge in [-0.15, -0.1) is 0 Å². The van der Waals surface area contributed by atoms with Crippen LogP contribution in [0.1, 0.15) is 6.42 Å². The van der Waals surface area contributed by atoms with E-state index in [1.807, 2.05) is 0 Å². The van der Waals surface area contributed by atoms with Gasteiger partial charge < -0.3 is 56.1 Å². The molecule has 1 saturated heterocycles. The minimum absolute atomic E-state index is 0.184. The van der Waals surface area contributed by atoms with Gasteiger partial charge in [-0.3, -0.25) is 0 Å². The van der Waals surface area contributed by atoms with E-state index in [4.69, 9.17) is 35.6 Å². The van der Waals surface area contributed by atoms with Crippen LogP contribution in [0.5, 0.6) is 0 Å². The van der Waals surface area contributed by atoms with Gasteiger partial charge in [-0.2, -0.15) is 0 Å². The summed E-state index contributed by atoms with van der Waals surface area (Å²) in [6.45, 7) is -1.11. The first-order chi connectivity index (χ1) is 10.7. The zero-order valence-corrected chi connectivity index (χ0v) is 12.3. The van der Waals surface area contributed by atoms with Gasteiger partial charge in [0, 0.05) is 6.61 Å². The van der Waals surface area contributed by atoms with Gasteiger partial charge in [0.25, 0.3) is 0 Å². The predicted molar refractivity (Wildman–Crippen MR) is 72.6 cm³/mol. The summed E-state index contributed by atoms with van der Waals surface area (Å²) in [6, 6.07) is -1.52. The quantitative estimate of drug-likeness (QED) is 0.190. The van der Waals surface area contributed by atoms with E-state index in [1.54, 1.807) is 0 Å². The van der Waals surface area contributed by atoms with Gasteiger partial charge in [-0.1, -0.05) is 0 Å². The standard InChI is InChI=1S/C12H25NO10/c13-6(11(20)21)7(16)4(1-2-14)22-12-10(19)9(18)8(17)5(3-15)23-12/h4-12,14-21H,1-3,13H2. The van der Waals surface area contributed by atoms with Crippen molar-refractivity contribution in [1.82, 2.24) is 0 Å². The normalized spacial score (nSPS) is 36.0. The number of rotatable bonds is 8. The molecule has 138 valence electrons. The van der Waals surface area contributed by atoms with Gasteiger partial charge in [0.15, 0.2) is 12.6 Å². The molecule has 0 aromatic rings. The van der Waals surface area contributed by atoms with Crippen LogP contribution in [0.4, 0.5) is 0 Å². The number of aliphatic hydroxyl groups is 8. The van der Waals surface area contributed by atoms with E-state index in [-0.39, 0.29) is 6.42 Å². The molecule has 1 rings (SSSR count). The zero-order valence-electron chi connectivity index (χ0n) is 12.3. The summed E-state index contributed by atoms with van der Waals surface area (Å²) in [5.74, 6) is 0. The third-order valence-electron chi connectivity index (χ3n) is 3.69. The fourth-order valence-electron chi connectivity index (χ4n) is 2.22.